The van der Waals surface area contributed by atoms with Crippen molar-refractivity contribution in [3.05, 3.63) is 53.8 Å². The minimum Gasteiger partial charge on any atom is -0.497 e. The molecular formula is C14H11ClN4O. The highest BCUT2D eigenvalue weighted by Crippen LogP contribution is 2.30. The van der Waals surface area contributed by atoms with Crippen LogP contribution in [0.4, 0.5) is 11.4 Å². The average Bonchev–Trinajstić information content (AvgIpc) is 2.81. The van der Waals surface area contributed by atoms with E-state index in [-0.39, 0.29) is 0 Å². The highest BCUT2D eigenvalue weighted by molar-refractivity contribution is 6.32. The van der Waals surface area contributed by atoms with Crippen LogP contribution in [-0.4, -0.2) is 16.7 Å². The molecule has 0 bridgehead atoms. The maximum Gasteiger partial charge on any atom is 0.179 e. The van der Waals surface area contributed by atoms with Gasteiger partial charge in [-0.2, -0.15) is 10.2 Å². The molecule has 0 radical (unpaired) electrons. The standard InChI is InChI=1S/C14H11ClN4O/c1-20-11-7-5-10(6-8-11)16-17-13-12-4-2-3-9-19(12)18-14(13)15/h2-9H,1H3/b17-16+. The second kappa shape index (κ2) is 5.30. The summed E-state index contributed by atoms with van der Waals surface area (Å²) < 4.78 is 6.76. The first-order chi connectivity index (χ1) is 9.78. The summed E-state index contributed by atoms with van der Waals surface area (Å²) in [4.78, 5) is 0. The second-order valence-corrected chi connectivity index (χ2v) is 4.43. The number of fused-ring (bicyclic) bond motifs is 1. The highest BCUT2D eigenvalue weighted by Gasteiger charge is 2.09. The molecule has 3 rings (SSSR count). The van der Waals surface area contributed by atoms with Crippen molar-refractivity contribution in [2.75, 3.05) is 7.11 Å². The molecule has 20 heavy (non-hydrogen) atoms. The van der Waals surface area contributed by atoms with Gasteiger partial charge in [0.2, 0.25) is 0 Å². The molecule has 0 aliphatic rings. The number of benzene rings is 1. The molecule has 6 heteroatoms. The fourth-order valence-corrected chi connectivity index (χ4v) is 2.02. The zero-order valence-electron chi connectivity index (χ0n) is 10.7. The van der Waals surface area contributed by atoms with Gasteiger partial charge in [0, 0.05) is 6.20 Å². The maximum absolute atomic E-state index is 6.08. The van der Waals surface area contributed by atoms with Gasteiger partial charge in [0.15, 0.2) is 10.8 Å². The molecule has 3 aromatic rings. The summed E-state index contributed by atoms with van der Waals surface area (Å²) in [5, 5.41) is 12.8. The van der Waals surface area contributed by atoms with Gasteiger partial charge >= 0.3 is 0 Å². The molecule has 0 atom stereocenters. The zero-order valence-corrected chi connectivity index (χ0v) is 11.4. The molecule has 100 valence electrons. The molecule has 0 saturated carbocycles. The lowest BCUT2D eigenvalue weighted by Gasteiger charge is -1.98. The Hall–Kier alpha value is -2.40. The summed E-state index contributed by atoms with van der Waals surface area (Å²) in [6, 6.07) is 13.0. The van der Waals surface area contributed by atoms with Crippen molar-refractivity contribution in [2.45, 2.75) is 0 Å². The molecule has 1 aromatic carbocycles. The Bertz CT molecular complexity index is 764. The Morgan fingerprint density at radius 2 is 1.90 bits per heavy atom. The van der Waals surface area contributed by atoms with Crippen molar-refractivity contribution >= 4 is 28.5 Å². The number of halogens is 1. The minimum absolute atomic E-state index is 0.327. The quantitative estimate of drug-likeness (QED) is 0.670. The maximum atomic E-state index is 6.08. The molecule has 0 N–H and O–H groups in total. The van der Waals surface area contributed by atoms with E-state index in [1.54, 1.807) is 11.6 Å². The van der Waals surface area contributed by atoms with Crippen LogP contribution in [0.2, 0.25) is 5.15 Å². The number of hydrogen-bond acceptors (Lipinski definition) is 4. The molecule has 0 fully saturated rings. The molecule has 0 aliphatic heterocycles. The largest absolute Gasteiger partial charge is 0.497 e. The molecule has 0 unspecified atom stereocenters. The minimum atomic E-state index is 0.327. The van der Waals surface area contributed by atoms with E-state index in [4.69, 9.17) is 16.3 Å². The van der Waals surface area contributed by atoms with Gasteiger partial charge in [0.1, 0.15) is 5.75 Å². The van der Waals surface area contributed by atoms with E-state index in [9.17, 15) is 0 Å². The monoisotopic (exact) mass is 286 g/mol. The van der Waals surface area contributed by atoms with Crippen molar-refractivity contribution in [3.8, 4) is 5.75 Å². The van der Waals surface area contributed by atoms with Crippen molar-refractivity contribution in [2.24, 2.45) is 10.2 Å². The number of ether oxygens (including phenoxy) is 1. The van der Waals surface area contributed by atoms with Crippen molar-refractivity contribution in [1.82, 2.24) is 9.61 Å². The zero-order chi connectivity index (χ0) is 13.9. The molecule has 0 aliphatic carbocycles. The third-order valence-corrected chi connectivity index (χ3v) is 3.07. The Labute approximate surface area is 120 Å². The Morgan fingerprint density at radius 3 is 2.65 bits per heavy atom. The Balaban J connectivity index is 1.95. The predicted molar refractivity (Wildman–Crippen MR) is 77.4 cm³/mol. The van der Waals surface area contributed by atoms with E-state index in [0.717, 1.165) is 17.0 Å². The molecule has 0 spiro atoms. The summed E-state index contributed by atoms with van der Waals surface area (Å²) in [5.74, 6) is 0.776. The number of aromatic nitrogens is 2. The lowest BCUT2D eigenvalue weighted by molar-refractivity contribution is 0.415. The van der Waals surface area contributed by atoms with E-state index < -0.39 is 0 Å². The summed E-state index contributed by atoms with van der Waals surface area (Å²) in [6.45, 7) is 0. The third-order valence-electron chi connectivity index (χ3n) is 2.81. The van der Waals surface area contributed by atoms with Crippen molar-refractivity contribution in [1.29, 1.82) is 0 Å². The van der Waals surface area contributed by atoms with E-state index in [1.165, 1.54) is 0 Å². The summed E-state index contributed by atoms with van der Waals surface area (Å²) >= 11 is 6.08. The fourth-order valence-electron chi connectivity index (χ4n) is 1.81. The molecule has 2 aromatic heterocycles. The number of methoxy groups -OCH3 is 1. The number of hydrogen-bond donors (Lipinski definition) is 0. The smallest absolute Gasteiger partial charge is 0.179 e. The van der Waals surface area contributed by atoms with Gasteiger partial charge in [-0.1, -0.05) is 17.7 Å². The van der Waals surface area contributed by atoms with E-state index in [0.29, 0.717) is 10.8 Å². The highest BCUT2D eigenvalue weighted by atomic mass is 35.5. The van der Waals surface area contributed by atoms with Gasteiger partial charge in [-0.25, -0.2) is 4.52 Å². The lowest BCUT2D eigenvalue weighted by atomic mass is 10.3. The predicted octanol–water partition coefficient (Wildman–Crippen LogP) is 4.41. The number of nitrogens with zero attached hydrogens (tertiary/aromatic N) is 4. The van der Waals surface area contributed by atoms with Gasteiger partial charge in [0.25, 0.3) is 0 Å². The SMILES string of the molecule is COc1ccc(/N=N/c2c(Cl)nn3ccccc23)cc1. The number of rotatable bonds is 3. The Morgan fingerprint density at radius 1 is 1.10 bits per heavy atom. The first kappa shape index (κ1) is 12.6. The normalized spacial score (nSPS) is 11.3. The van der Waals surface area contributed by atoms with Crippen LogP contribution in [0.3, 0.4) is 0 Å². The van der Waals surface area contributed by atoms with Gasteiger partial charge in [0.05, 0.1) is 18.3 Å². The van der Waals surface area contributed by atoms with Crippen LogP contribution in [0.5, 0.6) is 5.75 Å². The second-order valence-electron chi connectivity index (χ2n) is 4.07. The first-order valence-electron chi connectivity index (χ1n) is 5.96. The van der Waals surface area contributed by atoms with E-state index >= 15 is 0 Å². The summed E-state index contributed by atoms with van der Waals surface area (Å²) in [6.07, 6.45) is 1.81. The van der Waals surface area contributed by atoms with Crippen molar-refractivity contribution in [3.63, 3.8) is 0 Å². The summed E-state index contributed by atoms with van der Waals surface area (Å²) in [7, 11) is 1.62. The molecule has 2 heterocycles. The van der Waals surface area contributed by atoms with E-state index in [1.807, 2.05) is 48.7 Å². The summed E-state index contributed by atoms with van der Waals surface area (Å²) in [5.41, 5.74) is 2.09. The Kier molecular flexibility index (Phi) is 3.35. The topological polar surface area (TPSA) is 51.2 Å². The fraction of sp³-hybridized carbons (Fsp3) is 0.0714. The average molecular weight is 287 g/mol. The molecule has 0 amide bonds. The molecule has 5 nitrogen and oxygen atoms in total. The van der Waals surface area contributed by atoms with Crippen LogP contribution in [0.15, 0.2) is 58.9 Å². The van der Waals surface area contributed by atoms with Crippen LogP contribution < -0.4 is 4.74 Å². The van der Waals surface area contributed by atoms with Crippen LogP contribution in [0.1, 0.15) is 0 Å². The number of azo groups is 1. The van der Waals surface area contributed by atoms with Gasteiger partial charge in [-0.15, -0.1) is 5.11 Å². The lowest BCUT2D eigenvalue weighted by Crippen LogP contribution is -1.82. The van der Waals surface area contributed by atoms with Crippen LogP contribution in [0.25, 0.3) is 5.52 Å². The van der Waals surface area contributed by atoms with Gasteiger partial charge in [-0.05, 0) is 36.4 Å². The van der Waals surface area contributed by atoms with Crippen LogP contribution in [-0.2, 0) is 0 Å². The van der Waals surface area contributed by atoms with Crippen LogP contribution >= 0.6 is 11.6 Å². The molecule has 0 saturated heterocycles. The number of pyridine rings is 1. The van der Waals surface area contributed by atoms with E-state index in [2.05, 4.69) is 15.3 Å². The molecular weight excluding hydrogens is 276 g/mol. The first-order valence-corrected chi connectivity index (χ1v) is 6.34. The third kappa shape index (κ3) is 2.35. The van der Waals surface area contributed by atoms with Gasteiger partial charge in [-0.3, -0.25) is 0 Å². The van der Waals surface area contributed by atoms with Crippen LogP contribution in [0, 0.1) is 0 Å². The van der Waals surface area contributed by atoms with Gasteiger partial charge < -0.3 is 4.74 Å². The van der Waals surface area contributed by atoms with Crippen molar-refractivity contribution < 1.29 is 4.74 Å².